The maximum atomic E-state index is 6.10. The number of hydrogen-bond donors (Lipinski definition) is 0. The van der Waals surface area contributed by atoms with Crippen LogP contribution in [-0.4, -0.2) is 9.55 Å². The van der Waals surface area contributed by atoms with E-state index in [-0.39, 0.29) is 0 Å². The van der Waals surface area contributed by atoms with Gasteiger partial charge in [0.2, 0.25) is 0 Å². The quantitative estimate of drug-likeness (QED) is 0.469. The van der Waals surface area contributed by atoms with E-state index in [0.29, 0.717) is 5.88 Å². The van der Waals surface area contributed by atoms with Crippen molar-refractivity contribution in [3.05, 3.63) is 27.6 Å². The molecule has 4 heteroatoms. The molecular weight excluding hydrogens is 395 g/mol. The number of fused-ring (bicyclic) bond motifs is 1. The minimum absolute atomic E-state index is 0.493. The maximum absolute atomic E-state index is 6.10. The van der Waals surface area contributed by atoms with Gasteiger partial charge in [0.15, 0.2) is 0 Å². The maximum Gasteiger partial charge on any atom is 0.124 e. The Labute approximate surface area is 145 Å². The number of hydrogen-bond acceptors (Lipinski definition) is 1. The highest BCUT2D eigenvalue weighted by atomic mass is 127. The summed E-state index contributed by atoms with van der Waals surface area (Å²) < 4.78 is 3.56. The zero-order chi connectivity index (χ0) is 14.8. The van der Waals surface area contributed by atoms with Crippen LogP contribution in [0.1, 0.15) is 44.9 Å². The number of benzene rings is 1. The molecule has 2 nitrogen and oxygen atoms in total. The fraction of sp³-hybridized carbons (Fsp3) is 0.588. The minimum Gasteiger partial charge on any atom is -0.327 e. The predicted octanol–water partition coefficient (Wildman–Crippen LogP) is 5.60. The lowest BCUT2D eigenvalue weighted by molar-refractivity contribution is 0.269. The summed E-state index contributed by atoms with van der Waals surface area (Å²) in [5.41, 5.74) is 2.31. The molecule has 114 valence electrons. The lowest BCUT2D eigenvalue weighted by atomic mass is 9.81. The summed E-state index contributed by atoms with van der Waals surface area (Å²) >= 11 is 8.44. The van der Waals surface area contributed by atoms with Crippen molar-refractivity contribution >= 4 is 45.2 Å². The first-order valence-corrected chi connectivity index (χ1v) is 9.49. The number of rotatable bonds is 4. The lowest BCUT2D eigenvalue weighted by Crippen LogP contribution is -2.15. The number of nitrogens with zero attached hydrogens (tertiary/aromatic N) is 2. The highest BCUT2D eigenvalue weighted by Gasteiger charge is 2.19. The lowest BCUT2D eigenvalue weighted by Gasteiger charge is -2.26. The Morgan fingerprint density at radius 1 is 1.29 bits per heavy atom. The van der Waals surface area contributed by atoms with Crippen LogP contribution in [0, 0.1) is 15.4 Å². The molecule has 2 aromatic rings. The topological polar surface area (TPSA) is 17.8 Å². The molecule has 1 aliphatic rings. The highest BCUT2D eigenvalue weighted by Crippen LogP contribution is 2.31. The van der Waals surface area contributed by atoms with Crippen molar-refractivity contribution in [1.82, 2.24) is 9.55 Å². The summed E-state index contributed by atoms with van der Waals surface area (Å²) in [4.78, 5) is 4.69. The van der Waals surface area contributed by atoms with Crippen LogP contribution in [0.5, 0.6) is 0 Å². The van der Waals surface area contributed by atoms with Crippen LogP contribution >= 0.6 is 34.2 Å². The van der Waals surface area contributed by atoms with Gasteiger partial charge < -0.3 is 4.57 Å². The number of aryl methyl sites for hydroxylation is 1. The molecular formula is C17H22ClIN2. The van der Waals surface area contributed by atoms with Crippen LogP contribution in [0.15, 0.2) is 18.2 Å². The van der Waals surface area contributed by atoms with E-state index in [2.05, 4.69) is 52.3 Å². The Hall–Kier alpha value is -0.290. The highest BCUT2D eigenvalue weighted by molar-refractivity contribution is 14.1. The van der Waals surface area contributed by atoms with Gasteiger partial charge in [-0.2, -0.15) is 0 Å². The summed E-state index contributed by atoms with van der Waals surface area (Å²) in [6.07, 6.45) is 6.84. The average Bonchev–Trinajstić information content (AvgIpc) is 2.83. The molecule has 0 saturated heterocycles. The van der Waals surface area contributed by atoms with Gasteiger partial charge in [0, 0.05) is 10.1 Å². The number of halogens is 2. The first kappa shape index (κ1) is 15.6. The first-order valence-electron chi connectivity index (χ1n) is 7.88. The van der Waals surface area contributed by atoms with Crippen molar-refractivity contribution in [2.45, 2.75) is 51.5 Å². The van der Waals surface area contributed by atoms with Gasteiger partial charge in [-0.1, -0.05) is 32.6 Å². The molecule has 1 aromatic carbocycles. The van der Waals surface area contributed by atoms with Crippen LogP contribution < -0.4 is 0 Å². The van der Waals surface area contributed by atoms with Gasteiger partial charge >= 0.3 is 0 Å². The van der Waals surface area contributed by atoms with Crippen LogP contribution in [0.25, 0.3) is 11.0 Å². The van der Waals surface area contributed by atoms with Gasteiger partial charge in [-0.15, -0.1) is 11.6 Å². The molecule has 0 spiro atoms. The normalized spacial score (nSPS) is 22.8. The summed E-state index contributed by atoms with van der Waals surface area (Å²) in [5, 5.41) is 0. The molecule has 0 amide bonds. The predicted molar refractivity (Wildman–Crippen MR) is 97.7 cm³/mol. The van der Waals surface area contributed by atoms with Crippen LogP contribution in [0.2, 0.25) is 0 Å². The molecule has 0 bridgehead atoms. The van der Waals surface area contributed by atoms with Crippen molar-refractivity contribution in [2.75, 3.05) is 0 Å². The summed E-state index contributed by atoms with van der Waals surface area (Å²) in [5.74, 6) is 3.31. The van der Waals surface area contributed by atoms with E-state index in [9.17, 15) is 0 Å². The Balaban J connectivity index is 1.76. The van der Waals surface area contributed by atoms with Gasteiger partial charge in [0.1, 0.15) is 5.82 Å². The van der Waals surface area contributed by atoms with Gasteiger partial charge in [-0.25, -0.2) is 4.98 Å². The van der Waals surface area contributed by atoms with Crippen molar-refractivity contribution in [3.63, 3.8) is 0 Å². The second-order valence-electron chi connectivity index (χ2n) is 6.36. The van der Waals surface area contributed by atoms with E-state index in [1.165, 1.54) is 41.2 Å². The smallest absolute Gasteiger partial charge is 0.124 e. The molecule has 0 N–H and O–H groups in total. The molecule has 3 rings (SSSR count). The Morgan fingerprint density at radius 2 is 2.05 bits per heavy atom. The Bertz CT molecular complexity index is 615. The van der Waals surface area contributed by atoms with Crippen LogP contribution in [-0.2, 0) is 12.4 Å². The molecule has 1 saturated carbocycles. The van der Waals surface area contributed by atoms with E-state index in [1.807, 2.05) is 0 Å². The number of imidazole rings is 1. The van der Waals surface area contributed by atoms with Crippen LogP contribution in [0.3, 0.4) is 0 Å². The Morgan fingerprint density at radius 3 is 2.76 bits per heavy atom. The molecule has 0 aliphatic heterocycles. The van der Waals surface area contributed by atoms with Crippen molar-refractivity contribution < 1.29 is 0 Å². The second-order valence-corrected chi connectivity index (χ2v) is 7.87. The molecule has 1 aliphatic carbocycles. The fourth-order valence-electron chi connectivity index (χ4n) is 3.43. The summed E-state index contributed by atoms with van der Waals surface area (Å²) in [7, 11) is 0. The van der Waals surface area contributed by atoms with Gasteiger partial charge in [-0.05, 0) is 59.0 Å². The largest absolute Gasteiger partial charge is 0.327 e. The third-order valence-electron chi connectivity index (χ3n) is 4.81. The molecule has 21 heavy (non-hydrogen) atoms. The summed E-state index contributed by atoms with van der Waals surface area (Å²) in [6.45, 7) is 3.44. The summed E-state index contributed by atoms with van der Waals surface area (Å²) in [6, 6.07) is 6.48. The van der Waals surface area contributed by atoms with E-state index < -0.39 is 0 Å². The zero-order valence-electron chi connectivity index (χ0n) is 12.5. The molecule has 0 unspecified atom stereocenters. The van der Waals surface area contributed by atoms with Gasteiger partial charge in [-0.3, -0.25) is 0 Å². The van der Waals surface area contributed by atoms with Gasteiger partial charge in [0.25, 0.3) is 0 Å². The molecule has 0 radical (unpaired) electrons. The van der Waals surface area contributed by atoms with Crippen LogP contribution in [0.4, 0.5) is 0 Å². The molecule has 1 heterocycles. The van der Waals surface area contributed by atoms with E-state index in [0.717, 1.165) is 29.7 Å². The third-order valence-corrected chi connectivity index (χ3v) is 5.72. The second kappa shape index (κ2) is 6.86. The molecule has 1 fully saturated rings. The Kier molecular flexibility index (Phi) is 5.10. The van der Waals surface area contributed by atoms with Crippen molar-refractivity contribution in [1.29, 1.82) is 0 Å². The minimum atomic E-state index is 0.493. The van der Waals surface area contributed by atoms with Gasteiger partial charge in [0.05, 0.1) is 16.9 Å². The number of aromatic nitrogens is 2. The monoisotopic (exact) mass is 416 g/mol. The van der Waals surface area contributed by atoms with E-state index >= 15 is 0 Å². The van der Waals surface area contributed by atoms with E-state index in [1.54, 1.807) is 0 Å². The third kappa shape index (κ3) is 3.55. The zero-order valence-corrected chi connectivity index (χ0v) is 15.4. The standard InChI is InChI=1S/C17H22ClIN2/c1-12-2-4-13(5-3-12)8-9-21-16-7-6-14(19)10-15(16)20-17(21)11-18/h6-7,10,12-13H,2-5,8-9,11H2,1H3. The number of alkyl halides is 1. The van der Waals surface area contributed by atoms with Crippen molar-refractivity contribution in [2.24, 2.45) is 11.8 Å². The molecule has 0 atom stereocenters. The van der Waals surface area contributed by atoms with Crippen molar-refractivity contribution in [3.8, 4) is 0 Å². The SMILES string of the molecule is CC1CCC(CCn2c(CCl)nc3cc(I)ccc32)CC1. The van der Waals surface area contributed by atoms with E-state index in [4.69, 9.17) is 16.6 Å². The fourth-order valence-corrected chi connectivity index (χ4v) is 4.11. The average molecular weight is 417 g/mol. The first-order chi connectivity index (χ1) is 10.2. The molecule has 1 aromatic heterocycles.